The molecule has 0 saturated carbocycles. The van der Waals surface area contributed by atoms with Gasteiger partial charge in [0.2, 0.25) is 9.05 Å². The van der Waals surface area contributed by atoms with E-state index in [9.17, 15) is 8.42 Å². The highest BCUT2D eigenvalue weighted by Gasteiger charge is 2.20. The Balaban J connectivity index is 2.18. The highest BCUT2D eigenvalue weighted by molar-refractivity contribution is 8.13. The van der Waals surface area contributed by atoms with Crippen LogP contribution in [0.4, 0.5) is 0 Å². The maximum Gasteiger partial charge on any atom is 0.236 e. The summed E-state index contributed by atoms with van der Waals surface area (Å²) in [5.41, 5.74) is 1.86. The van der Waals surface area contributed by atoms with E-state index in [4.69, 9.17) is 15.4 Å². The van der Waals surface area contributed by atoms with E-state index in [2.05, 4.69) is 0 Å². The highest BCUT2D eigenvalue weighted by atomic mass is 35.7. The number of ether oxygens (including phenoxy) is 1. The Morgan fingerprint density at radius 1 is 1.40 bits per heavy atom. The Hall–Kier alpha value is -0.580. The molecule has 0 bridgehead atoms. The normalized spacial score (nSPS) is 17.4. The van der Waals surface area contributed by atoms with Crippen molar-refractivity contribution in [2.45, 2.75) is 11.7 Å². The van der Waals surface area contributed by atoms with E-state index in [1.807, 2.05) is 18.2 Å². The predicted octanol–water partition coefficient (Wildman–Crippen LogP) is 1.87. The number of hydrogen-bond donors (Lipinski definition) is 0. The molecule has 0 aromatic heterocycles. The lowest BCUT2D eigenvalue weighted by atomic mass is 9.96. The molecule has 0 N–H and O–H groups in total. The zero-order valence-electron chi connectivity index (χ0n) is 8.02. The molecule has 0 aliphatic carbocycles. The van der Waals surface area contributed by atoms with Gasteiger partial charge in [0.05, 0.1) is 19.0 Å². The van der Waals surface area contributed by atoms with Crippen molar-refractivity contribution in [1.29, 1.82) is 0 Å². The minimum absolute atomic E-state index is 0.115. The van der Waals surface area contributed by atoms with Crippen molar-refractivity contribution >= 4 is 19.7 Å². The summed E-state index contributed by atoms with van der Waals surface area (Å²) in [7, 11) is 1.73. The molecule has 0 radical (unpaired) electrons. The quantitative estimate of drug-likeness (QED) is 0.765. The highest BCUT2D eigenvalue weighted by Crippen LogP contribution is 2.25. The molecule has 1 saturated heterocycles. The average Bonchev–Trinajstić information content (AvgIpc) is 1.97. The van der Waals surface area contributed by atoms with Crippen LogP contribution in [0, 0.1) is 0 Å². The Labute approximate surface area is 93.4 Å². The van der Waals surface area contributed by atoms with E-state index in [0.717, 1.165) is 24.3 Å². The van der Waals surface area contributed by atoms with Crippen LogP contribution in [-0.4, -0.2) is 21.6 Å². The second kappa shape index (κ2) is 4.12. The summed E-state index contributed by atoms with van der Waals surface area (Å²) >= 11 is 0. The largest absolute Gasteiger partial charge is 0.380 e. The Morgan fingerprint density at radius 3 is 2.67 bits per heavy atom. The number of rotatable bonds is 3. The summed E-state index contributed by atoms with van der Waals surface area (Å²) in [6, 6.07) is 7.48. The first-order chi connectivity index (χ1) is 7.04. The third-order valence-electron chi connectivity index (χ3n) is 2.40. The van der Waals surface area contributed by atoms with Crippen molar-refractivity contribution in [2.75, 3.05) is 13.2 Å². The minimum atomic E-state index is -3.47. The van der Waals surface area contributed by atoms with Crippen molar-refractivity contribution in [3.63, 3.8) is 0 Å². The Morgan fingerprint density at radius 2 is 2.13 bits per heavy atom. The van der Waals surface area contributed by atoms with Gasteiger partial charge < -0.3 is 4.74 Å². The van der Waals surface area contributed by atoms with Crippen molar-refractivity contribution in [3.8, 4) is 0 Å². The molecule has 1 aromatic carbocycles. The fourth-order valence-corrected chi connectivity index (χ4v) is 2.52. The van der Waals surface area contributed by atoms with Crippen LogP contribution in [0.15, 0.2) is 24.3 Å². The molecule has 1 heterocycles. The van der Waals surface area contributed by atoms with Gasteiger partial charge in [-0.15, -0.1) is 0 Å². The summed E-state index contributed by atoms with van der Waals surface area (Å²) in [4.78, 5) is 0. The van der Waals surface area contributed by atoms with Crippen LogP contribution in [0.2, 0.25) is 0 Å². The fourth-order valence-electron chi connectivity index (χ4n) is 1.56. The monoisotopic (exact) mass is 246 g/mol. The Kier molecular flexibility index (Phi) is 3.00. The minimum Gasteiger partial charge on any atom is -0.380 e. The number of benzene rings is 1. The molecule has 0 amide bonds. The summed E-state index contributed by atoms with van der Waals surface area (Å²) in [5, 5.41) is 0. The molecule has 1 aliphatic heterocycles. The van der Waals surface area contributed by atoms with Crippen LogP contribution in [0.5, 0.6) is 0 Å². The van der Waals surface area contributed by atoms with Gasteiger partial charge >= 0.3 is 0 Å². The van der Waals surface area contributed by atoms with Gasteiger partial charge in [0.25, 0.3) is 0 Å². The van der Waals surface area contributed by atoms with Crippen LogP contribution >= 0.6 is 10.7 Å². The molecule has 1 aromatic rings. The van der Waals surface area contributed by atoms with Gasteiger partial charge in [-0.05, 0) is 11.1 Å². The van der Waals surface area contributed by atoms with Crippen LogP contribution < -0.4 is 0 Å². The lowest BCUT2D eigenvalue weighted by Crippen LogP contribution is -2.25. The van der Waals surface area contributed by atoms with E-state index in [1.54, 1.807) is 6.07 Å². The maximum absolute atomic E-state index is 10.9. The second-order valence-corrected chi connectivity index (χ2v) is 6.44. The molecule has 1 aliphatic rings. The first-order valence-corrected chi connectivity index (χ1v) is 7.11. The van der Waals surface area contributed by atoms with E-state index < -0.39 is 9.05 Å². The topological polar surface area (TPSA) is 43.4 Å². The second-order valence-electron chi connectivity index (χ2n) is 3.66. The van der Waals surface area contributed by atoms with E-state index >= 15 is 0 Å². The standard InChI is InChI=1S/C10H11ClO3S/c11-15(12,13)7-8-2-1-3-9(4-8)10-5-14-6-10/h1-4,10H,5-7H2. The third kappa shape index (κ3) is 2.93. The fraction of sp³-hybridized carbons (Fsp3) is 0.400. The molecule has 82 valence electrons. The summed E-state index contributed by atoms with van der Waals surface area (Å²) in [5.74, 6) is 0.290. The molecular weight excluding hydrogens is 236 g/mol. The van der Waals surface area contributed by atoms with Crippen LogP contribution in [0.3, 0.4) is 0 Å². The maximum atomic E-state index is 10.9. The molecule has 5 heteroatoms. The zero-order valence-corrected chi connectivity index (χ0v) is 9.59. The van der Waals surface area contributed by atoms with Gasteiger partial charge in [0, 0.05) is 16.6 Å². The lowest BCUT2D eigenvalue weighted by molar-refractivity contribution is 0.00840. The Bertz CT molecular complexity index is 451. The van der Waals surface area contributed by atoms with E-state index in [0.29, 0.717) is 5.92 Å². The van der Waals surface area contributed by atoms with E-state index in [-0.39, 0.29) is 5.75 Å². The summed E-state index contributed by atoms with van der Waals surface area (Å²) < 4.78 is 26.9. The number of halogens is 1. The lowest BCUT2D eigenvalue weighted by Gasteiger charge is -2.26. The van der Waals surface area contributed by atoms with Crippen LogP contribution in [0.25, 0.3) is 0 Å². The molecule has 15 heavy (non-hydrogen) atoms. The molecule has 0 atom stereocenters. The molecule has 1 fully saturated rings. The molecular formula is C10H11ClO3S. The molecule has 3 nitrogen and oxygen atoms in total. The van der Waals surface area contributed by atoms with Crippen LogP contribution in [0.1, 0.15) is 17.0 Å². The molecule has 0 unspecified atom stereocenters. The predicted molar refractivity (Wildman–Crippen MR) is 58.5 cm³/mol. The van der Waals surface area contributed by atoms with Crippen molar-refractivity contribution in [1.82, 2.24) is 0 Å². The van der Waals surface area contributed by atoms with Crippen molar-refractivity contribution in [3.05, 3.63) is 35.4 Å². The van der Waals surface area contributed by atoms with Gasteiger partial charge in [0.15, 0.2) is 0 Å². The van der Waals surface area contributed by atoms with Gasteiger partial charge in [0.1, 0.15) is 0 Å². The van der Waals surface area contributed by atoms with E-state index in [1.165, 1.54) is 0 Å². The molecule has 0 spiro atoms. The average molecular weight is 247 g/mol. The first kappa shape index (κ1) is 10.9. The van der Waals surface area contributed by atoms with Gasteiger partial charge in [-0.25, -0.2) is 8.42 Å². The zero-order chi connectivity index (χ0) is 10.9. The van der Waals surface area contributed by atoms with Gasteiger partial charge in [-0.2, -0.15) is 0 Å². The first-order valence-electron chi connectivity index (χ1n) is 4.63. The smallest absolute Gasteiger partial charge is 0.236 e. The molecule has 2 rings (SSSR count). The van der Waals surface area contributed by atoms with Crippen molar-refractivity contribution in [2.24, 2.45) is 0 Å². The van der Waals surface area contributed by atoms with Gasteiger partial charge in [-0.3, -0.25) is 0 Å². The van der Waals surface area contributed by atoms with Gasteiger partial charge in [-0.1, -0.05) is 24.3 Å². The SMILES string of the molecule is O=S(=O)(Cl)Cc1cccc(C2COC2)c1. The summed E-state index contributed by atoms with van der Waals surface area (Å²) in [6.07, 6.45) is 0. The van der Waals surface area contributed by atoms with Crippen LogP contribution in [-0.2, 0) is 19.5 Å². The third-order valence-corrected chi connectivity index (χ3v) is 3.41. The van der Waals surface area contributed by atoms with Crippen molar-refractivity contribution < 1.29 is 13.2 Å². The number of hydrogen-bond acceptors (Lipinski definition) is 3. The summed E-state index contributed by atoms with van der Waals surface area (Å²) in [6.45, 7) is 1.44.